The van der Waals surface area contributed by atoms with Crippen LogP contribution >= 0.6 is 0 Å². The van der Waals surface area contributed by atoms with E-state index in [-0.39, 0.29) is 5.92 Å². The van der Waals surface area contributed by atoms with Crippen LogP contribution in [0.3, 0.4) is 0 Å². The molecular formula is C9H19NO2. The molecule has 3 nitrogen and oxygen atoms in total. The van der Waals surface area contributed by atoms with E-state index in [9.17, 15) is 4.79 Å². The summed E-state index contributed by atoms with van der Waals surface area (Å²) >= 11 is 0. The lowest BCUT2D eigenvalue weighted by Gasteiger charge is -2.28. The number of carbonyl (C=O) groups is 1. The number of carboxylic acid groups (broad SMARTS) is 1. The topological polar surface area (TPSA) is 63.3 Å². The summed E-state index contributed by atoms with van der Waals surface area (Å²) in [7, 11) is 0. The SMILES string of the molecule is CC(C)CC(C)C(C)(N)C(=O)O. The van der Waals surface area contributed by atoms with E-state index in [1.165, 1.54) is 0 Å². The van der Waals surface area contributed by atoms with Crippen molar-refractivity contribution in [3.8, 4) is 0 Å². The van der Waals surface area contributed by atoms with Gasteiger partial charge in [0.05, 0.1) is 0 Å². The summed E-state index contributed by atoms with van der Waals surface area (Å²) in [5.74, 6) is -0.423. The van der Waals surface area contributed by atoms with E-state index in [1.54, 1.807) is 6.92 Å². The van der Waals surface area contributed by atoms with Crippen LogP contribution in [0.4, 0.5) is 0 Å². The third kappa shape index (κ3) is 2.81. The van der Waals surface area contributed by atoms with E-state index in [2.05, 4.69) is 13.8 Å². The molecule has 2 atom stereocenters. The minimum Gasteiger partial charge on any atom is -0.480 e. The third-order valence-electron chi connectivity index (χ3n) is 2.31. The molecular weight excluding hydrogens is 154 g/mol. The Balaban J connectivity index is 4.25. The van der Waals surface area contributed by atoms with Gasteiger partial charge in [-0.15, -0.1) is 0 Å². The standard InChI is InChI=1S/C9H19NO2/c1-6(2)5-7(3)9(4,10)8(11)12/h6-7H,5,10H2,1-4H3,(H,11,12). The summed E-state index contributed by atoms with van der Waals surface area (Å²) in [6.45, 7) is 7.58. The molecule has 0 aliphatic rings. The molecule has 0 spiro atoms. The van der Waals surface area contributed by atoms with Crippen LogP contribution in [-0.2, 0) is 4.79 Å². The van der Waals surface area contributed by atoms with Crippen LogP contribution in [0.1, 0.15) is 34.1 Å². The average molecular weight is 173 g/mol. The Labute approximate surface area is 74.0 Å². The monoisotopic (exact) mass is 173 g/mol. The van der Waals surface area contributed by atoms with Crippen molar-refractivity contribution in [1.29, 1.82) is 0 Å². The Hall–Kier alpha value is -0.570. The van der Waals surface area contributed by atoms with Gasteiger partial charge < -0.3 is 10.8 Å². The molecule has 0 saturated carbocycles. The summed E-state index contributed by atoms with van der Waals surface area (Å²) in [5.41, 5.74) is 4.56. The molecule has 0 aliphatic carbocycles. The van der Waals surface area contributed by atoms with E-state index in [0.29, 0.717) is 5.92 Å². The highest BCUT2D eigenvalue weighted by atomic mass is 16.4. The first-order chi connectivity index (χ1) is 5.28. The zero-order valence-electron chi connectivity index (χ0n) is 8.29. The highest BCUT2D eigenvalue weighted by Crippen LogP contribution is 2.21. The molecule has 0 fully saturated rings. The van der Waals surface area contributed by atoms with Gasteiger partial charge in [0.25, 0.3) is 0 Å². The van der Waals surface area contributed by atoms with Crippen molar-refractivity contribution >= 4 is 5.97 Å². The van der Waals surface area contributed by atoms with Crippen LogP contribution in [-0.4, -0.2) is 16.6 Å². The van der Waals surface area contributed by atoms with Crippen molar-refractivity contribution < 1.29 is 9.90 Å². The van der Waals surface area contributed by atoms with Crippen molar-refractivity contribution in [1.82, 2.24) is 0 Å². The summed E-state index contributed by atoms with van der Waals surface area (Å²) < 4.78 is 0. The van der Waals surface area contributed by atoms with Gasteiger partial charge in [0.15, 0.2) is 0 Å². The largest absolute Gasteiger partial charge is 0.480 e. The second-order valence-electron chi connectivity index (χ2n) is 4.12. The Bertz CT molecular complexity index is 164. The fourth-order valence-corrected chi connectivity index (χ4v) is 1.16. The van der Waals surface area contributed by atoms with E-state index < -0.39 is 11.5 Å². The lowest BCUT2D eigenvalue weighted by molar-refractivity contribution is -0.144. The van der Waals surface area contributed by atoms with Crippen molar-refractivity contribution in [3.05, 3.63) is 0 Å². The molecule has 3 heteroatoms. The Morgan fingerprint density at radius 2 is 1.92 bits per heavy atom. The second kappa shape index (κ2) is 3.90. The molecule has 2 unspecified atom stereocenters. The van der Waals surface area contributed by atoms with Gasteiger partial charge >= 0.3 is 5.97 Å². The van der Waals surface area contributed by atoms with Crippen molar-refractivity contribution in [2.24, 2.45) is 17.6 Å². The highest BCUT2D eigenvalue weighted by Gasteiger charge is 2.34. The van der Waals surface area contributed by atoms with Gasteiger partial charge in [-0.25, -0.2) is 0 Å². The molecule has 0 aromatic carbocycles. The summed E-state index contributed by atoms with van der Waals surface area (Å²) in [6, 6.07) is 0. The zero-order valence-corrected chi connectivity index (χ0v) is 8.29. The van der Waals surface area contributed by atoms with Crippen LogP contribution in [0.5, 0.6) is 0 Å². The molecule has 0 aliphatic heterocycles. The first kappa shape index (κ1) is 11.4. The van der Waals surface area contributed by atoms with Gasteiger partial charge in [-0.1, -0.05) is 20.8 Å². The predicted molar refractivity (Wildman–Crippen MR) is 48.8 cm³/mol. The van der Waals surface area contributed by atoms with Crippen LogP contribution in [0.25, 0.3) is 0 Å². The number of hydrogen-bond donors (Lipinski definition) is 2. The third-order valence-corrected chi connectivity index (χ3v) is 2.31. The van der Waals surface area contributed by atoms with Crippen LogP contribution < -0.4 is 5.73 Å². The van der Waals surface area contributed by atoms with E-state index in [4.69, 9.17) is 10.8 Å². The maximum Gasteiger partial charge on any atom is 0.323 e. The number of aliphatic carboxylic acids is 1. The van der Waals surface area contributed by atoms with Crippen LogP contribution in [0.2, 0.25) is 0 Å². The fraction of sp³-hybridized carbons (Fsp3) is 0.889. The molecule has 0 saturated heterocycles. The Morgan fingerprint density at radius 3 is 2.17 bits per heavy atom. The van der Waals surface area contributed by atoms with Crippen molar-refractivity contribution in [2.45, 2.75) is 39.7 Å². The van der Waals surface area contributed by atoms with Crippen LogP contribution in [0.15, 0.2) is 0 Å². The molecule has 0 radical (unpaired) electrons. The predicted octanol–water partition coefficient (Wildman–Crippen LogP) is 1.47. The quantitative estimate of drug-likeness (QED) is 0.676. The molecule has 0 heterocycles. The number of carboxylic acids is 1. The highest BCUT2D eigenvalue weighted by molar-refractivity contribution is 5.78. The van der Waals surface area contributed by atoms with Crippen LogP contribution in [0, 0.1) is 11.8 Å². The summed E-state index contributed by atoms with van der Waals surface area (Å²) in [5, 5.41) is 8.80. The molecule has 3 N–H and O–H groups in total. The summed E-state index contributed by atoms with van der Waals surface area (Å²) in [4.78, 5) is 10.7. The molecule has 0 amide bonds. The van der Waals surface area contributed by atoms with Gasteiger partial charge in [0.1, 0.15) is 5.54 Å². The number of nitrogens with two attached hydrogens (primary N) is 1. The molecule has 0 bridgehead atoms. The van der Waals surface area contributed by atoms with Gasteiger partial charge in [0, 0.05) is 0 Å². The number of rotatable bonds is 4. The average Bonchev–Trinajstić information content (AvgIpc) is 1.85. The van der Waals surface area contributed by atoms with Gasteiger partial charge in [-0.05, 0) is 25.2 Å². The first-order valence-corrected chi connectivity index (χ1v) is 4.30. The normalized spacial score (nSPS) is 18.8. The van der Waals surface area contributed by atoms with Crippen molar-refractivity contribution in [2.75, 3.05) is 0 Å². The van der Waals surface area contributed by atoms with E-state index >= 15 is 0 Å². The smallest absolute Gasteiger partial charge is 0.323 e. The van der Waals surface area contributed by atoms with E-state index in [0.717, 1.165) is 6.42 Å². The van der Waals surface area contributed by atoms with Crippen molar-refractivity contribution in [3.63, 3.8) is 0 Å². The fourth-order valence-electron chi connectivity index (χ4n) is 1.16. The summed E-state index contributed by atoms with van der Waals surface area (Å²) in [6.07, 6.45) is 0.847. The maximum atomic E-state index is 10.7. The second-order valence-corrected chi connectivity index (χ2v) is 4.12. The zero-order chi connectivity index (χ0) is 9.94. The van der Waals surface area contributed by atoms with Gasteiger partial charge in [-0.2, -0.15) is 0 Å². The lowest BCUT2D eigenvalue weighted by Crippen LogP contribution is -2.50. The minimum atomic E-state index is -1.09. The Morgan fingerprint density at radius 1 is 1.50 bits per heavy atom. The molecule has 0 rings (SSSR count). The van der Waals surface area contributed by atoms with Gasteiger partial charge in [-0.3, -0.25) is 4.79 Å². The number of hydrogen-bond acceptors (Lipinski definition) is 2. The maximum absolute atomic E-state index is 10.7. The molecule has 0 aromatic rings. The molecule has 72 valence electrons. The molecule has 12 heavy (non-hydrogen) atoms. The van der Waals surface area contributed by atoms with E-state index in [1.807, 2.05) is 6.92 Å². The van der Waals surface area contributed by atoms with Gasteiger partial charge in [0.2, 0.25) is 0 Å². The lowest BCUT2D eigenvalue weighted by atomic mass is 9.82. The molecule has 0 aromatic heterocycles. The minimum absolute atomic E-state index is 0.00926. The Kier molecular flexibility index (Phi) is 3.71. The first-order valence-electron chi connectivity index (χ1n) is 4.30.